The van der Waals surface area contributed by atoms with Crippen LogP contribution in [0.15, 0.2) is 35.7 Å². The topological polar surface area (TPSA) is 105 Å². The van der Waals surface area contributed by atoms with E-state index in [2.05, 4.69) is 10.1 Å². The second-order valence-electron chi connectivity index (χ2n) is 8.87. The van der Waals surface area contributed by atoms with Crippen molar-refractivity contribution in [2.75, 3.05) is 36.0 Å². The molecule has 1 saturated heterocycles. The third-order valence-electron chi connectivity index (χ3n) is 6.91. The summed E-state index contributed by atoms with van der Waals surface area (Å²) in [5, 5.41) is 13.8. The predicted molar refractivity (Wildman–Crippen MR) is 116 cm³/mol. The maximum Gasteiger partial charge on any atom is 0.316 e. The first-order chi connectivity index (χ1) is 15.9. The molecule has 170 valence electrons. The van der Waals surface area contributed by atoms with E-state index in [0.717, 1.165) is 17.3 Å². The van der Waals surface area contributed by atoms with Crippen molar-refractivity contribution in [3.8, 4) is 5.75 Å². The predicted octanol–water partition coefficient (Wildman–Crippen LogP) is 1.94. The molecule has 4 atom stereocenters. The smallest absolute Gasteiger partial charge is 0.316 e. The number of hydrogen-bond donors (Lipinski definition) is 1. The number of ether oxygens (including phenoxy) is 1. The van der Waals surface area contributed by atoms with E-state index in [4.69, 9.17) is 9.57 Å². The van der Waals surface area contributed by atoms with Gasteiger partial charge in [0.2, 0.25) is 0 Å². The Morgan fingerprint density at radius 2 is 2.12 bits per heavy atom. The molecular formula is C23H21FN4O5. The average molecular weight is 452 g/mol. The Bertz CT molecular complexity index is 1200. The molecule has 4 aliphatic heterocycles. The molecule has 0 bridgehead atoms. The van der Waals surface area contributed by atoms with Crippen molar-refractivity contribution in [2.24, 2.45) is 17.0 Å². The highest BCUT2D eigenvalue weighted by molar-refractivity contribution is 6.15. The Balaban J connectivity index is 1.39. The first-order valence-corrected chi connectivity index (χ1v) is 10.9. The fourth-order valence-electron chi connectivity index (χ4n) is 5.25. The number of nitrogens with zero attached hydrogens (tertiary/aromatic N) is 4. The van der Waals surface area contributed by atoms with Crippen molar-refractivity contribution in [1.29, 1.82) is 0 Å². The fourth-order valence-corrected chi connectivity index (χ4v) is 5.25. The minimum absolute atomic E-state index is 0.0376. The van der Waals surface area contributed by atoms with E-state index in [9.17, 15) is 14.7 Å². The van der Waals surface area contributed by atoms with E-state index in [1.807, 2.05) is 28.9 Å². The van der Waals surface area contributed by atoms with Crippen LogP contribution in [0.1, 0.15) is 22.8 Å². The molecule has 9 nitrogen and oxygen atoms in total. The summed E-state index contributed by atoms with van der Waals surface area (Å²) in [5.41, 5.74) is 2.45. The monoisotopic (exact) mass is 452 g/mol. The first kappa shape index (κ1) is 20.0. The number of carbonyl (C=O) groups is 2. The maximum atomic E-state index is 15.5. The summed E-state index contributed by atoms with van der Waals surface area (Å²) >= 11 is 0. The third kappa shape index (κ3) is 2.89. The molecule has 5 heterocycles. The Hall–Kier alpha value is -3.69. The largest absolute Gasteiger partial charge is 0.487 e. The van der Waals surface area contributed by atoms with E-state index >= 15 is 4.39 Å². The van der Waals surface area contributed by atoms with Crippen molar-refractivity contribution >= 4 is 28.8 Å². The lowest BCUT2D eigenvalue weighted by Gasteiger charge is -2.43. The number of fused-ring (bicyclic) bond motifs is 1. The quantitative estimate of drug-likeness (QED) is 0.705. The fraction of sp³-hybridized carbons (Fsp3) is 0.391. The van der Waals surface area contributed by atoms with Crippen LogP contribution in [0.3, 0.4) is 0 Å². The molecule has 0 radical (unpaired) electrons. The number of oxime groups is 1. The number of ketones is 1. The van der Waals surface area contributed by atoms with Crippen molar-refractivity contribution in [3.63, 3.8) is 0 Å². The summed E-state index contributed by atoms with van der Waals surface area (Å²) in [5.74, 6) is -3.41. The number of carbonyl (C=O) groups excluding carboxylic acids is 1. The SMILES string of the molecule is C[C@H]1COc2c(N3CC4ON=C(c5cccnc5)C4C3)c(F)cc3c2N1CC(C(=O)O)C3=O. The number of halogens is 1. The highest BCUT2D eigenvalue weighted by atomic mass is 19.1. The first-order valence-electron chi connectivity index (χ1n) is 10.9. The molecule has 33 heavy (non-hydrogen) atoms. The summed E-state index contributed by atoms with van der Waals surface area (Å²) in [6.07, 6.45) is 3.18. The lowest BCUT2D eigenvalue weighted by Crippen LogP contribution is -2.51. The zero-order valence-corrected chi connectivity index (χ0v) is 17.8. The zero-order valence-electron chi connectivity index (χ0n) is 17.8. The molecule has 0 spiro atoms. The Kier molecular flexibility index (Phi) is 4.33. The minimum atomic E-state index is -1.23. The van der Waals surface area contributed by atoms with Crippen LogP contribution in [0.4, 0.5) is 15.8 Å². The summed E-state index contributed by atoms with van der Waals surface area (Å²) in [4.78, 5) is 38.0. The van der Waals surface area contributed by atoms with Crippen LogP contribution < -0.4 is 14.5 Å². The van der Waals surface area contributed by atoms with E-state index < -0.39 is 23.5 Å². The van der Waals surface area contributed by atoms with Crippen molar-refractivity contribution in [1.82, 2.24) is 4.98 Å². The molecule has 0 saturated carbocycles. The van der Waals surface area contributed by atoms with Crippen LogP contribution in [0.2, 0.25) is 0 Å². The third-order valence-corrected chi connectivity index (χ3v) is 6.91. The van der Waals surface area contributed by atoms with Crippen molar-refractivity contribution in [2.45, 2.75) is 19.1 Å². The standard InChI is InChI=1S/C23H21FN4O5/c1-11-10-32-22-19-13(21(29)15(23(30)31)8-28(11)19)5-16(24)20(22)27-7-14-17(9-27)33-26-18(14)12-3-2-4-25-6-12/h2-6,11,14-15,17H,7-10H2,1H3,(H,30,31)/t11-,14?,15?,17?/m0/s1. The molecule has 0 aliphatic carbocycles. The number of aromatic nitrogens is 1. The molecule has 4 aliphatic rings. The van der Waals surface area contributed by atoms with Crippen LogP contribution >= 0.6 is 0 Å². The van der Waals surface area contributed by atoms with Gasteiger partial charge in [0.1, 0.15) is 18.2 Å². The summed E-state index contributed by atoms with van der Waals surface area (Å²) < 4.78 is 21.5. The number of benzene rings is 1. The minimum Gasteiger partial charge on any atom is -0.487 e. The van der Waals surface area contributed by atoms with Gasteiger partial charge in [0.15, 0.2) is 23.5 Å². The van der Waals surface area contributed by atoms with E-state index in [1.165, 1.54) is 0 Å². The lowest BCUT2D eigenvalue weighted by atomic mass is 9.88. The number of Topliss-reactive ketones (excluding diaryl/α,β-unsaturated/α-hetero) is 1. The number of anilines is 2. The van der Waals surface area contributed by atoms with Crippen molar-refractivity contribution < 1.29 is 28.7 Å². The van der Waals surface area contributed by atoms with Crippen LogP contribution in [0.25, 0.3) is 0 Å². The van der Waals surface area contributed by atoms with Gasteiger partial charge in [-0.3, -0.25) is 14.6 Å². The van der Waals surface area contributed by atoms with Crippen LogP contribution in [0.5, 0.6) is 5.75 Å². The summed E-state index contributed by atoms with van der Waals surface area (Å²) in [7, 11) is 0. The molecule has 1 aromatic heterocycles. The average Bonchev–Trinajstić information content (AvgIpc) is 3.38. The molecular weight excluding hydrogens is 431 g/mol. The summed E-state index contributed by atoms with van der Waals surface area (Å²) in [6, 6.07) is 4.76. The van der Waals surface area contributed by atoms with Gasteiger partial charge in [-0.1, -0.05) is 5.16 Å². The van der Waals surface area contributed by atoms with E-state index in [0.29, 0.717) is 24.5 Å². The Morgan fingerprint density at radius 3 is 2.88 bits per heavy atom. The second kappa shape index (κ2) is 7.16. The number of aliphatic carboxylic acids is 1. The number of hydrogen-bond acceptors (Lipinski definition) is 8. The molecule has 0 amide bonds. The van der Waals surface area contributed by atoms with Gasteiger partial charge < -0.3 is 24.5 Å². The van der Waals surface area contributed by atoms with Gasteiger partial charge in [-0.25, -0.2) is 4.39 Å². The number of pyridine rings is 1. The molecule has 1 aromatic carbocycles. The normalized spacial score (nSPS) is 27.5. The van der Waals surface area contributed by atoms with Gasteiger partial charge in [0.25, 0.3) is 0 Å². The molecule has 3 unspecified atom stereocenters. The van der Waals surface area contributed by atoms with Crippen LogP contribution in [0, 0.1) is 17.7 Å². The highest BCUT2D eigenvalue weighted by Gasteiger charge is 2.47. The van der Waals surface area contributed by atoms with Gasteiger partial charge in [-0.2, -0.15) is 0 Å². The van der Waals surface area contributed by atoms with Gasteiger partial charge in [-0.15, -0.1) is 0 Å². The molecule has 1 fully saturated rings. The molecule has 1 N–H and O–H groups in total. The lowest BCUT2D eigenvalue weighted by molar-refractivity contribution is -0.139. The number of carboxylic acids is 1. The van der Waals surface area contributed by atoms with Gasteiger partial charge in [-0.05, 0) is 25.1 Å². The number of carboxylic acid groups (broad SMARTS) is 1. The summed E-state index contributed by atoms with van der Waals surface area (Å²) in [6.45, 7) is 3.07. The number of rotatable bonds is 3. The van der Waals surface area contributed by atoms with Gasteiger partial charge >= 0.3 is 5.97 Å². The van der Waals surface area contributed by atoms with Gasteiger partial charge in [0.05, 0.1) is 29.9 Å². The molecule has 6 rings (SSSR count). The molecule has 2 aromatic rings. The Morgan fingerprint density at radius 1 is 1.27 bits per heavy atom. The second-order valence-corrected chi connectivity index (χ2v) is 8.87. The highest BCUT2D eigenvalue weighted by Crippen LogP contribution is 2.50. The Labute approximate surface area is 188 Å². The van der Waals surface area contributed by atoms with Crippen LogP contribution in [-0.4, -0.2) is 65.9 Å². The van der Waals surface area contributed by atoms with E-state index in [1.54, 1.807) is 12.4 Å². The maximum absolute atomic E-state index is 15.5. The van der Waals surface area contributed by atoms with Gasteiger partial charge in [0, 0.05) is 36.6 Å². The van der Waals surface area contributed by atoms with Crippen LogP contribution in [-0.2, 0) is 9.63 Å². The van der Waals surface area contributed by atoms with Crippen molar-refractivity contribution in [3.05, 3.63) is 47.5 Å². The molecule has 10 heteroatoms. The zero-order chi connectivity index (χ0) is 22.9. The van der Waals surface area contributed by atoms with E-state index in [-0.39, 0.29) is 42.5 Å².